The van der Waals surface area contributed by atoms with E-state index in [1.54, 1.807) is 0 Å². The van der Waals surface area contributed by atoms with E-state index in [0.29, 0.717) is 5.69 Å². The van der Waals surface area contributed by atoms with E-state index >= 15 is 0 Å². The van der Waals surface area contributed by atoms with E-state index in [1.807, 2.05) is 31.2 Å². The third-order valence-electron chi connectivity index (χ3n) is 4.71. The smallest absolute Gasteiger partial charge is 0.233 e. The molecule has 0 spiro atoms. The van der Waals surface area contributed by atoms with Crippen LogP contribution < -0.4 is 5.73 Å². The molecule has 2 amide bonds. The highest BCUT2D eigenvalue weighted by Gasteiger charge is 2.49. The first kappa shape index (κ1) is 13.2. The number of rotatable bonds is 2. The normalized spacial score (nSPS) is 27.6. The van der Waals surface area contributed by atoms with Gasteiger partial charge in [-0.2, -0.15) is 0 Å². The lowest BCUT2D eigenvalue weighted by Gasteiger charge is -2.24. The van der Waals surface area contributed by atoms with Crippen LogP contribution in [0.2, 0.25) is 0 Å². The lowest BCUT2D eigenvalue weighted by atomic mass is 9.81. The third kappa shape index (κ3) is 1.90. The second kappa shape index (κ2) is 4.93. The van der Waals surface area contributed by atoms with Crippen LogP contribution in [0.25, 0.3) is 0 Å². The number of hydrogen-bond donors (Lipinski definition) is 1. The molecule has 1 aromatic carbocycles. The number of carbonyl (C=O) groups is 2. The number of carbonyl (C=O) groups excluding carboxylic acids is 2. The van der Waals surface area contributed by atoms with Gasteiger partial charge in [0, 0.05) is 5.69 Å². The van der Waals surface area contributed by atoms with Crippen LogP contribution in [0.3, 0.4) is 0 Å². The van der Waals surface area contributed by atoms with E-state index in [9.17, 15) is 9.59 Å². The molecule has 2 aliphatic rings. The van der Waals surface area contributed by atoms with Gasteiger partial charge in [0.15, 0.2) is 0 Å². The second-order valence-electron chi connectivity index (χ2n) is 5.85. The summed E-state index contributed by atoms with van der Waals surface area (Å²) in [6.07, 6.45) is 3.80. The fourth-order valence-electron chi connectivity index (χ4n) is 3.60. The number of nitrogens with zero attached hydrogens (tertiary/aromatic N) is 1. The predicted octanol–water partition coefficient (Wildman–Crippen LogP) is 2.51. The summed E-state index contributed by atoms with van der Waals surface area (Å²) in [6.45, 7) is 1.89. The van der Waals surface area contributed by atoms with Gasteiger partial charge in [-0.25, -0.2) is 0 Å². The number of nitrogen functional groups attached to an aromatic ring is 1. The van der Waals surface area contributed by atoms with Gasteiger partial charge in [0.05, 0.1) is 17.9 Å². The van der Waals surface area contributed by atoms with Gasteiger partial charge in [0.25, 0.3) is 0 Å². The molecule has 0 aromatic heterocycles. The topological polar surface area (TPSA) is 63.4 Å². The number of hydrogen-bond acceptors (Lipinski definition) is 3. The van der Waals surface area contributed by atoms with E-state index in [2.05, 4.69) is 0 Å². The minimum atomic E-state index is -0.276. The fourth-order valence-corrected chi connectivity index (χ4v) is 3.60. The van der Waals surface area contributed by atoms with Gasteiger partial charge in [-0.3, -0.25) is 14.5 Å². The zero-order valence-electron chi connectivity index (χ0n) is 11.7. The van der Waals surface area contributed by atoms with Crippen molar-refractivity contribution in [1.82, 2.24) is 4.90 Å². The number of likely N-dealkylation sites (tertiary alicyclic amines) is 1. The lowest BCUT2D eigenvalue weighted by Crippen LogP contribution is -2.34. The first-order valence-corrected chi connectivity index (χ1v) is 7.32. The highest BCUT2D eigenvalue weighted by atomic mass is 16.2. The Hall–Kier alpha value is -1.84. The molecular weight excluding hydrogens is 252 g/mol. The van der Waals surface area contributed by atoms with Crippen molar-refractivity contribution in [3.05, 3.63) is 29.8 Å². The maximum atomic E-state index is 12.5. The number of anilines is 1. The van der Waals surface area contributed by atoms with Crippen LogP contribution in [-0.4, -0.2) is 16.7 Å². The van der Waals surface area contributed by atoms with E-state index < -0.39 is 0 Å². The van der Waals surface area contributed by atoms with E-state index in [1.165, 1.54) is 4.90 Å². The van der Waals surface area contributed by atoms with Gasteiger partial charge in [-0.1, -0.05) is 31.0 Å². The van der Waals surface area contributed by atoms with Crippen LogP contribution in [-0.2, 0) is 9.59 Å². The SMILES string of the molecule is CC(c1ccccc1N)N1C(=O)C2CCCCC2C1=O. The minimum Gasteiger partial charge on any atom is -0.398 e. The summed E-state index contributed by atoms with van der Waals surface area (Å²) in [5.74, 6) is -0.196. The van der Waals surface area contributed by atoms with Crippen molar-refractivity contribution in [2.24, 2.45) is 11.8 Å². The lowest BCUT2D eigenvalue weighted by molar-refractivity contribution is -0.142. The van der Waals surface area contributed by atoms with Crippen LogP contribution in [0, 0.1) is 11.8 Å². The van der Waals surface area contributed by atoms with Crippen molar-refractivity contribution in [3.8, 4) is 0 Å². The molecule has 1 saturated carbocycles. The molecule has 3 unspecified atom stereocenters. The summed E-state index contributed by atoms with van der Waals surface area (Å²) in [7, 11) is 0. The van der Waals surface area contributed by atoms with E-state index in [4.69, 9.17) is 5.73 Å². The highest BCUT2D eigenvalue weighted by molar-refractivity contribution is 6.05. The van der Waals surface area contributed by atoms with Crippen molar-refractivity contribution in [2.75, 3.05) is 5.73 Å². The quantitative estimate of drug-likeness (QED) is 0.664. The molecule has 3 atom stereocenters. The maximum Gasteiger partial charge on any atom is 0.233 e. The van der Waals surface area contributed by atoms with Crippen LogP contribution in [0.15, 0.2) is 24.3 Å². The average Bonchev–Trinajstić information content (AvgIpc) is 2.71. The molecule has 1 aliphatic heterocycles. The van der Waals surface area contributed by atoms with Gasteiger partial charge < -0.3 is 5.73 Å². The van der Waals surface area contributed by atoms with Gasteiger partial charge in [0.1, 0.15) is 0 Å². The van der Waals surface area contributed by atoms with Crippen LogP contribution in [0.4, 0.5) is 5.69 Å². The van der Waals surface area contributed by atoms with Crippen LogP contribution >= 0.6 is 0 Å². The molecule has 106 valence electrons. The molecule has 1 saturated heterocycles. The van der Waals surface area contributed by atoms with Gasteiger partial charge >= 0.3 is 0 Å². The largest absolute Gasteiger partial charge is 0.398 e. The Morgan fingerprint density at radius 1 is 1.10 bits per heavy atom. The molecule has 4 heteroatoms. The zero-order valence-corrected chi connectivity index (χ0v) is 11.7. The Morgan fingerprint density at radius 3 is 2.20 bits per heavy atom. The van der Waals surface area contributed by atoms with Crippen molar-refractivity contribution in [1.29, 1.82) is 0 Å². The highest BCUT2D eigenvalue weighted by Crippen LogP contribution is 2.41. The number of amides is 2. The predicted molar refractivity (Wildman–Crippen MR) is 76.6 cm³/mol. The van der Waals surface area contributed by atoms with E-state index in [0.717, 1.165) is 31.2 Å². The Bertz CT molecular complexity index is 531. The number of nitrogens with two attached hydrogens (primary N) is 1. The van der Waals surface area contributed by atoms with Crippen molar-refractivity contribution in [2.45, 2.75) is 38.6 Å². The molecular formula is C16H20N2O2. The van der Waals surface area contributed by atoms with Crippen LogP contribution in [0.5, 0.6) is 0 Å². The van der Waals surface area contributed by atoms with Gasteiger partial charge in [-0.05, 0) is 31.4 Å². The molecule has 20 heavy (non-hydrogen) atoms. The first-order valence-electron chi connectivity index (χ1n) is 7.32. The monoisotopic (exact) mass is 272 g/mol. The summed E-state index contributed by atoms with van der Waals surface area (Å²) < 4.78 is 0. The summed E-state index contributed by atoms with van der Waals surface area (Å²) in [5.41, 5.74) is 7.47. The number of fused-ring (bicyclic) bond motifs is 1. The summed E-state index contributed by atoms with van der Waals surface area (Å²) in [6, 6.07) is 7.17. The summed E-state index contributed by atoms with van der Waals surface area (Å²) >= 11 is 0. The number of imide groups is 1. The molecule has 4 nitrogen and oxygen atoms in total. The molecule has 3 rings (SSSR count). The van der Waals surface area contributed by atoms with Gasteiger partial charge in [0.2, 0.25) is 11.8 Å². The standard InChI is InChI=1S/C16H20N2O2/c1-10(11-6-4-5-9-14(11)17)18-15(19)12-7-2-3-8-13(12)16(18)20/h4-6,9-10,12-13H,2-3,7-8,17H2,1H3. The Balaban J connectivity index is 1.92. The first-order chi connectivity index (χ1) is 9.61. The zero-order chi connectivity index (χ0) is 14.3. The minimum absolute atomic E-state index is 0.00421. The fraction of sp³-hybridized carbons (Fsp3) is 0.500. The van der Waals surface area contributed by atoms with Crippen molar-refractivity contribution < 1.29 is 9.59 Å². The molecule has 2 N–H and O–H groups in total. The number of para-hydroxylation sites is 1. The second-order valence-corrected chi connectivity index (χ2v) is 5.85. The van der Waals surface area contributed by atoms with Gasteiger partial charge in [-0.15, -0.1) is 0 Å². The average molecular weight is 272 g/mol. The summed E-state index contributed by atoms with van der Waals surface area (Å²) in [5, 5.41) is 0. The molecule has 1 aliphatic carbocycles. The van der Waals surface area contributed by atoms with Crippen molar-refractivity contribution in [3.63, 3.8) is 0 Å². The maximum absolute atomic E-state index is 12.5. The third-order valence-corrected chi connectivity index (χ3v) is 4.71. The Labute approximate surface area is 118 Å². The van der Waals surface area contributed by atoms with E-state index in [-0.39, 0.29) is 29.7 Å². The molecule has 1 heterocycles. The molecule has 0 bridgehead atoms. The van der Waals surface area contributed by atoms with Crippen LogP contribution in [0.1, 0.15) is 44.2 Å². The van der Waals surface area contributed by atoms with Crippen molar-refractivity contribution >= 4 is 17.5 Å². The Morgan fingerprint density at radius 2 is 1.65 bits per heavy atom. The number of benzene rings is 1. The molecule has 2 fully saturated rings. The molecule has 1 aromatic rings. The summed E-state index contributed by atoms with van der Waals surface area (Å²) in [4.78, 5) is 26.5. The molecule has 0 radical (unpaired) electrons. The Kier molecular flexibility index (Phi) is 3.24.